The van der Waals surface area contributed by atoms with E-state index in [4.69, 9.17) is 18.4 Å². The quantitative estimate of drug-likeness (QED) is 0.370. The van der Waals surface area contributed by atoms with Crippen LogP contribution in [0.1, 0.15) is 65.7 Å². The maximum Gasteiger partial charge on any atom is 0.500 e. The van der Waals surface area contributed by atoms with E-state index in [2.05, 4.69) is 0 Å². The second-order valence-corrected chi connectivity index (χ2v) is 7.66. The third kappa shape index (κ3) is 9.88. The third-order valence-electron chi connectivity index (χ3n) is 3.23. The van der Waals surface area contributed by atoms with Gasteiger partial charge in [-0.25, -0.2) is 0 Å². The van der Waals surface area contributed by atoms with Crippen molar-refractivity contribution < 1.29 is 18.4 Å². The first kappa shape index (κ1) is 20.1. The SMILES string of the molecule is CCO[Si](CCCCCCCCCO)(OCC)OCC. The Kier molecular flexibility index (Phi) is 14.1. The first-order valence-corrected chi connectivity index (χ1v) is 10.2. The molecule has 0 amide bonds. The molecule has 4 nitrogen and oxygen atoms in total. The van der Waals surface area contributed by atoms with Crippen molar-refractivity contribution in [1.82, 2.24) is 0 Å². The summed E-state index contributed by atoms with van der Waals surface area (Å²) in [5, 5.41) is 8.71. The Bertz CT molecular complexity index is 185. The molecular weight excluding hydrogens is 272 g/mol. The number of aliphatic hydroxyl groups is 1. The standard InChI is InChI=1S/C15H34O4Si/c1-4-17-20(18-5-2,19-6-3)15-13-11-9-7-8-10-12-14-16/h16H,4-15H2,1-3H3. The summed E-state index contributed by atoms with van der Waals surface area (Å²) in [6, 6.07) is 0.930. The van der Waals surface area contributed by atoms with E-state index in [-0.39, 0.29) is 0 Å². The van der Waals surface area contributed by atoms with Gasteiger partial charge in [0.25, 0.3) is 0 Å². The topological polar surface area (TPSA) is 47.9 Å². The van der Waals surface area contributed by atoms with Gasteiger partial charge in [-0.15, -0.1) is 0 Å². The molecule has 0 saturated carbocycles. The Labute approximate surface area is 126 Å². The molecule has 122 valence electrons. The first-order valence-electron chi connectivity index (χ1n) is 8.27. The Morgan fingerprint density at radius 2 is 1.05 bits per heavy atom. The van der Waals surface area contributed by atoms with Gasteiger partial charge in [-0.05, 0) is 33.6 Å². The van der Waals surface area contributed by atoms with Gasteiger partial charge in [0, 0.05) is 32.5 Å². The molecule has 5 heteroatoms. The lowest BCUT2D eigenvalue weighted by atomic mass is 10.1. The molecule has 0 aliphatic carbocycles. The van der Waals surface area contributed by atoms with E-state index < -0.39 is 8.80 Å². The molecule has 0 saturated heterocycles. The Morgan fingerprint density at radius 1 is 0.650 bits per heavy atom. The lowest BCUT2D eigenvalue weighted by molar-refractivity contribution is 0.0706. The average Bonchev–Trinajstić information content (AvgIpc) is 2.43. The van der Waals surface area contributed by atoms with E-state index in [0.29, 0.717) is 26.4 Å². The van der Waals surface area contributed by atoms with Gasteiger partial charge in [0.15, 0.2) is 0 Å². The molecule has 1 N–H and O–H groups in total. The van der Waals surface area contributed by atoms with E-state index in [0.717, 1.165) is 25.3 Å². The van der Waals surface area contributed by atoms with Crippen molar-refractivity contribution in [3.05, 3.63) is 0 Å². The van der Waals surface area contributed by atoms with Gasteiger partial charge in [-0.3, -0.25) is 0 Å². The van der Waals surface area contributed by atoms with Crippen LogP contribution in [0.3, 0.4) is 0 Å². The van der Waals surface area contributed by atoms with Crippen LogP contribution in [0.5, 0.6) is 0 Å². The van der Waals surface area contributed by atoms with Crippen LogP contribution >= 0.6 is 0 Å². The zero-order chi connectivity index (χ0) is 15.1. The van der Waals surface area contributed by atoms with Crippen molar-refractivity contribution in [2.24, 2.45) is 0 Å². The van der Waals surface area contributed by atoms with E-state index >= 15 is 0 Å². The van der Waals surface area contributed by atoms with Crippen LogP contribution in [-0.4, -0.2) is 40.3 Å². The van der Waals surface area contributed by atoms with Crippen molar-refractivity contribution in [3.8, 4) is 0 Å². The minimum absolute atomic E-state index is 0.325. The normalized spacial score (nSPS) is 12.0. The molecule has 0 aromatic heterocycles. The van der Waals surface area contributed by atoms with Crippen LogP contribution in [0.4, 0.5) is 0 Å². The lowest BCUT2D eigenvalue weighted by Crippen LogP contribution is -2.45. The number of unbranched alkanes of at least 4 members (excludes halogenated alkanes) is 6. The van der Waals surface area contributed by atoms with Crippen molar-refractivity contribution in [3.63, 3.8) is 0 Å². The van der Waals surface area contributed by atoms with E-state index in [1.54, 1.807) is 0 Å². The summed E-state index contributed by atoms with van der Waals surface area (Å²) in [4.78, 5) is 0. The molecule has 0 aliphatic rings. The summed E-state index contributed by atoms with van der Waals surface area (Å²) >= 11 is 0. The van der Waals surface area contributed by atoms with Gasteiger partial charge in [0.05, 0.1) is 0 Å². The van der Waals surface area contributed by atoms with Gasteiger partial charge >= 0.3 is 8.80 Å². The fraction of sp³-hybridized carbons (Fsp3) is 1.00. The predicted molar refractivity (Wildman–Crippen MR) is 84.8 cm³/mol. The maximum absolute atomic E-state index is 8.71. The molecule has 20 heavy (non-hydrogen) atoms. The fourth-order valence-corrected chi connectivity index (χ4v) is 5.02. The summed E-state index contributed by atoms with van der Waals surface area (Å²) in [6.45, 7) is 8.31. The van der Waals surface area contributed by atoms with Crippen LogP contribution < -0.4 is 0 Å². The zero-order valence-corrected chi connectivity index (χ0v) is 14.7. The van der Waals surface area contributed by atoms with Gasteiger partial charge in [-0.1, -0.05) is 32.1 Å². The molecule has 0 spiro atoms. The van der Waals surface area contributed by atoms with Crippen molar-refractivity contribution >= 4 is 8.80 Å². The molecule has 0 rings (SSSR count). The highest BCUT2D eigenvalue weighted by molar-refractivity contribution is 6.60. The predicted octanol–water partition coefficient (Wildman–Crippen LogP) is 3.76. The summed E-state index contributed by atoms with van der Waals surface area (Å²) < 4.78 is 17.5. The van der Waals surface area contributed by atoms with Gasteiger partial charge < -0.3 is 18.4 Å². The van der Waals surface area contributed by atoms with Gasteiger partial charge in [-0.2, -0.15) is 0 Å². The largest absolute Gasteiger partial charge is 0.500 e. The molecule has 0 unspecified atom stereocenters. The summed E-state index contributed by atoms with van der Waals surface area (Å²) in [7, 11) is -2.41. The summed E-state index contributed by atoms with van der Waals surface area (Å²) in [6.07, 6.45) is 8.15. The molecule has 0 fully saturated rings. The van der Waals surface area contributed by atoms with E-state index in [9.17, 15) is 0 Å². The molecule has 0 aromatic carbocycles. The molecule has 0 heterocycles. The molecule has 0 aliphatic heterocycles. The van der Waals surface area contributed by atoms with Crippen molar-refractivity contribution in [1.29, 1.82) is 0 Å². The van der Waals surface area contributed by atoms with Crippen LogP contribution in [0.15, 0.2) is 0 Å². The number of rotatable bonds is 15. The highest BCUT2D eigenvalue weighted by atomic mass is 28.4. The van der Waals surface area contributed by atoms with Crippen LogP contribution in [0.25, 0.3) is 0 Å². The molecular formula is C15H34O4Si. The van der Waals surface area contributed by atoms with E-state index in [1.807, 2.05) is 20.8 Å². The zero-order valence-electron chi connectivity index (χ0n) is 13.7. The van der Waals surface area contributed by atoms with Gasteiger partial charge in [0.1, 0.15) is 0 Å². The summed E-state index contributed by atoms with van der Waals surface area (Å²) in [5.74, 6) is 0. The Balaban J connectivity index is 3.82. The lowest BCUT2D eigenvalue weighted by Gasteiger charge is -2.28. The highest BCUT2D eigenvalue weighted by Gasteiger charge is 2.39. The average molecular weight is 307 g/mol. The summed E-state index contributed by atoms with van der Waals surface area (Å²) in [5.41, 5.74) is 0. The van der Waals surface area contributed by atoms with Crippen molar-refractivity contribution in [2.75, 3.05) is 26.4 Å². The van der Waals surface area contributed by atoms with Gasteiger partial charge in [0.2, 0.25) is 0 Å². The number of hydrogen-bond donors (Lipinski definition) is 1. The second-order valence-electron chi connectivity index (χ2n) is 4.93. The minimum atomic E-state index is -2.41. The van der Waals surface area contributed by atoms with Crippen LogP contribution in [-0.2, 0) is 13.3 Å². The molecule has 0 radical (unpaired) electrons. The second kappa shape index (κ2) is 14.0. The molecule has 0 atom stereocenters. The third-order valence-corrected chi connectivity index (χ3v) is 6.39. The Morgan fingerprint density at radius 3 is 1.45 bits per heavy atom. The number of hydrogen-bond acceptors (Lipinski definition) is 4. The number of aliphatic hydroxyl groups excluding tert-OH is 1. The minimum Gasteiger partial charge on any atom is -0.396 e. The highest BCUT2D eigenvalue weighted by Crippen LogP contribution is 2.20. The van der Waals surface area contributed by atoms with Crippen LogP contribution in [0.2, 0.25) is 6.04 Å². The Hall–Kier alpha value is 0.0569. The van der Waals surface area contributed by atoms with Crippen molar-refractivity contribution in [2.45, 2.75) is 71.8 Å². The van der Waals surface area contributed by atoms with E-state index in [1.165, 1.54) is 25.7 Å². The molecule has 0 aromatic rings. The molecule has 0 bridgehead atoms. The monoisotopic (exact) mass is 306 g/mol. The maximum atomic E-state index is 8.71. The van der Waals surface area contributed by atoms with Crippen LogP contribution in [0, 0.1) is 0 Å². The first-order chi connectivity index (χ1) is 9.74. The fourth-order valence-electron chi connectivity index (χ4n) is 2.34. The smallest absolute Gasteiger partial charge is 0.396 e.